The molecule has 0 aromatic carbocycles. The first kappa shape index (κ1) is 20.7. The van der Waals surface area contributed by atoms with E-state index < -0.39 is 29.2 Å². The molecule has 0 saturated carbocycles. The van der Waals surface area contributed by atoms with Crippen molar-refractivity contribution in [3.05, 3.63) is 0 Å². The van der Waals surface area contributed by atoms with Crippen molar-refractivity contribution in [2.24, 2.45) is 11.7 Å². The van der Waals surface area contributed by atoms with E-state index in [1.54, 1.807) is 4.90 Å². The van der Waals surface area contributed by atoms with Crippen LogP contribution in [-0.2, 0) is 9.53 Å². The number of primary amides is 1. The molecular formula is C16H33N3O3. The third kappa shape index (κ3) is 8.22. The molecule has 0 saturated heterocycles. The molecule has 22 heavy (non-hydrogen) atoms. The fraction of sp³-hybridized carbons (Fsp3) is 0.875. The molecular weight excluding hydrogens is 282 g/mol. The molecule has 0 aliphatic rings. The highest BCUT2D eigenvalue weighted by atomic mass is 16.6. The van der Waals surface area contributed by atoms with Crippen LogP contribution in [0.2, 0.25) is 0 Å². The topological polar surface area (TPSA) is 84.7 Å². The Labute approximate surface area is 134 Å². The van der Waals surface area contributed by atoms with Crippen molar-refractivity contribution in [1.29, 1.82) is 0 Å². The molecule has 0 spiro atoms. The highest BCUT2D eigenvalue weighted by molar-refractivity contribution is 5.81. The summed E-state index contributed by atoms with van der Waals surface area (Å²) in [5, 5.41) is 3.11. The van der Waals surface area contributed by atoms with Gasteiger partial charge in [0.2, 0.25) is 5.91 Å². The van der Waals surface area contributed by atoms with Crippen LogP contribution in [0.25, 0.3) is 0 Å². The highest BCUT2D eigenvalue weighted by Crippen LogP contribution is 2.19. The van der Waals surface area contributed by atoms with Crippen LogP contribution in [0.5, 0.6) is 0 Å². The number of ether oxygens (including phenoxy) is 1. The second kappa shape index (κ2) is 7.81. The van der Waals surface area contributed by atoms with E-state index in [-0.39, 0.29) is 6.54 Å². The first-order chi connectivity index (χ1) is 9.74. The van der Waals surface area contributed by atoms with Gasteiger partial charge in [-0.3, -0.25) is 4.79 Å². The number of rotatable bonds is 6. The molecule has 2 amide bonds. The predicted octanol–water partition coefficient (Wildman–Crippen LogP) is 2.12. The van der Waals surface area contributed by atoms with Crippen molar-refractivity contribution in [3.8, 4) is 0 Å². The number of carbonyl (C=O) groups is 2. The predicted molar refractivity (Wildman–Crippen MR) is 88.5 cm³/mol. The molecule has 0 aromatic rings. The van der Waals surface area contributed by atoms with Crippen LogP contribution in [0.1, 0.15) is 55.4 Å². The van der Waals surface area contributed by atoms with Gasteiger partial charge in [-0.15, -0.1) is 0 Å². The maximum absolute atomic E-state index is 12.4. The van der Waals surface area contributed by atoms with Gasteiger partial charge in [-0.25, -0.2) is 4.79 Å². The lowest BCUT2D eigenvalue weighted by molar-refractivity contribution is -0.120. The maximum atomic E-state index is 12.4. The summed E-state index contributed by atoms with van der Waals surface area (Å²) >= 11 is 0. The molecule has 0 bridgehead atoms. The number of hydrogen-bond donors (Lipinski definition) is 2. The number of nitrogens with zero attached hydrogens (tertiary/aromatic N) is 1. The van der Waals surface area contributed by atoms with E-state index in [9.17, 15) is 9.59 Å². The summed E-state index contributed by atoms with van der Waals surface area (Å²) in [7, 11) is 0. The summed E-state index contributed by atoms with van der Waals surface area (Å²) in [5.74, 6) is -0.0927. The average molecular weight is 315 g/mol. The van der Waals surface area contributed by atoms with E-state index in [1.807, 2.05) is 55.4 Å². The number of nitrogens with two attached hydrogens (primary N) is 1. The Hall–Kier alpha value is -1.30. The molecule has 6 heteroatoms. The average Bonchev–Trinajstić information content (AvgIpc) is 2.23. The minimum absolute atomic E-state index is 0.181. The summed E-state index contributed by atoms with van der Waals surface area (Å²) in [5.41, 5.74) is 4.40. The normalized spacial score (nSPS) is 13.9. The molecule has 0 aromatic heterocycles. The van der Waals surface area contributed by atoms with Crippen molar-refractivity contribution in [2.75, 3.05) is 13.1 Å². The third-order valence-electron chi connectivity index (χ3n) is 2.90. The van der Waals surface area contributed by atoms with Gasteiger partial charge in [0.1, 0.15) is 11.6 Å². The second-order valence-electron chi connectivity index (χ2n) is 8.02. The molecule has 0 heterocycles. The summed E-state index contributed by atoms with van der Waals surface area (Å²) in [6.07, 6.45) is -0.447. The van der Waals surface area contributed by atoms with E-state index in [0.29, 0.717) is 12.5 Å². The molecule has 0 radical (unpaired) electrons. The van der Waals surface area contributed by atoms with Crippen LogP contribution < -0.4 is 11.1 Å². The molecule has 0 aliphatic heterocycles. The first-order valence-electron chi connectivity index (χ1n) is 7.77. The van der Waals surface area contributed by atoms with E-state index in [2.05, 4.69) is 5.32 Å². The Morgan fingerprint density at radius 2 is 1.64 bits per heavy atom. The Kier molecular flexibility index (Phi) is 7.35. The Morgan fingerprint density at radius 1 is 1.14 bits per heavy atom. The van der Waals surface area contributed by atoms with Crippen LogP contribution >= 0.6 is 0 Å². The zero-order valence-electron chi connectivity index (χ0n) is 15.3. The minimum atomic E-state index is -0.603. The molecule has 0 aliphatic carbocycles. The Balaban J connectivity index is 5.10. The highest BCUT2D eigenvalue weighted by Gasteiger charge is 2.33. The van der Waals surface area contributed by atoms with Crippen molar-refractivity contribution in [3.63, 3.8) is 0 Å². The van der Waals surface area contributed by atoms with Gasteiger partial charge in [0.05, 0.1) is 0 Å². The van der Waals surface area contributed by atoms with Gasteiger partial charge in [-0.2, -0.15) is 0 Å². The van der Waals surface area contributed by atoms with E-state index in [4.69, 9.17) is 10.5 Å². The van der Waals surface area contributed by atoms with Gasteiger partial charge in [-0.05, 0) is 54.0 Å². The largest absolute Gasteiger partial charge is 0.444 e. The van der Waals surface area contributed by atoms with Gasteiger partial charge in [0.25, 0.3) is 0 Å². The molecule has 1 atom stereocenters. The molecule has 130 valence electrons. The van der Waals surface area contributed by atoms with Gasteiger partial charge >= 0.3 is 6.09 Å². The summed E-state index contributed by atoms with van der Waals surface area (Å²) < 4.78 is 5.44. The quantitative estimate of drug-likeness (QED) is 0.786. The van der Waals surface area contributed by atoms with E-state index in [1.165, 1.54) is 0 Å². The minimum Gasteiger partial charge on any atom is -0.444 e. The smallest absolute Gasteiger partial charge is 0.410 e. The lowest BCUT2D eigenvalue weighted by atomic mass is 10.0. The number of amides is 2. The van der Waals surface area contributed by atoms with Crippen LogP contribution in [0.15, 0.2) is 0 Å². The van der Waals surface area contributed by atoms with Gasteiger partial charge < -0.3 is 20.7 Å². The molecule has 1 unspecified atom stereocenters. The van der Waals surface area contributed by atoms with Crippen molar-refractivity contribution in [1.82, 2.24) is 10.2 Å². The summed E-state index contributed by atoms with van der Waals surface area (Å²) in [6, 6.07) is -0.603. The second-order valence-corrected chi connectivity index (χ2v) is 8.02. The summed E-state index contributed by atoms with van der Waals surface area (Å²) in [6.45, 7) is 16.1. The van der Waals surface area contributed by atoms with Crippen LogP contribution in [0.4, 0.5) is 4.79 Å². The van der Waals surface area contributed by atoms with Crippen molar-refractivity contribution < 1.29 is 14.3 Å². The summed E-state index contributed by atoms with van der Waals surface area (Å²) in [4.78, 5) is 25.6. The lowest BCUT2D eigenvalue weighted by Crippen LogP contribution is -2.57. The van der Waals surface area contributed by atoms with Crippen molar-refractivity contribution >= 4 is 12.0 Å². The molecule has 0 fully saturated rings. The first-order valence-corrected chi connectivity index (χ1v) is 7.77. The van der Waals surface area contributed by atoms with Crippen LogP contribution in [0, 0.1) is 5.92 Å². The van der Waals surface area contributed by atoms with Crippen LogP contribution in [-0.4, -0.2) is 47.2 Å². The number of carbonyl (C=O) groups excluding carboxylic acids is 2. The van der Waals surface area contributed by atoms with Gasteiger partial charge in [-0.1, -0.05) is 13.8 Å². The maximum Gasteiger partial charge on any atom is 0.410 e. The Morgan fingerprint density at radius 3 is 1.95 bits per heavy atom. The number of hydrogen-bond acceptors (Lipinski definition) is 4. The molecule has 3 N–H and O–H groups in total. The van der Waals surface area contributed by atoms with Crippen molar-refractivity contribution in [2.45, 2.75) is 72.6 Å². The molecule has 0 rings (SSSR count). The zero-order chi connectivity index (χ0) is 17.7. The third-order valence-corrected chi connectivity index (χ3v) is 2.90. The number of nitrogens with one attached hydrogen (secondary N) is 1. The Bertz CT molecular complexity index is 381. The SMILES string of the molecule is CC(C)CNC(CN(C(=O)OC(C)(C)C)C(C)(C)C)C(N)=O. The zero-order valence-corrected chi connectivity index (χ0v) is 15.3. The fourth-order valence-corrected chi connectivity index (χ4v) is 1.75. The van der Waals surface area contributed by atoms with E-state index in [0.717, 1.165) is 0 Å². The standard InChI is InChI=1S/C16H33N3O3/c1-11(2)9-18-12(13(17)20)10-19(15(3,4)5)14(21)22-16(6,7)8/h11-12,18H,9-10H2,1-8H3,(H2,17,20). The van der Waals surface area contributed by atoms with Crippen LogP contribution in [0.3, 0.4) is 0 Å². The fourth-order valence-electron chi connectivity index (χ4n) is 1.75. The van der Waals surface area contributed by atoms with Gasteiger partial charge in [0.15, 0.2) is 0 Å². The molecule has 6 nitrogen and oxygen atoms in total. The monoisotopic (exact) mass is 315 g/mol. The van der Waals surface area contributed by atoms with Gasteiger partial charge in [0, 0.05) is 12.1 Å². The van der Waals surface area contributed by atoms with E-state index >= 15 is 0 Å². The lowest BCUT2D eigenvalue weighted by Gasteiger charge is -2.38.